The Hall–Kier alpha value is -0.210. The van der Waals surface area contributed by atoms with E-state index in [9.17, 15) is 25.9 Å². The zero-order valence-corrected chi connectivity index (χ0v) is 28.0. The number of nitrogens with zero attached hydrogens (tertiary/aromatic N) is 4. The highest BCUT2D eigenvalue weighted by atomic mass is 35.5. The molecule has 41 heavy (non-hydrogen) atoms. The normalized spacial score (nSPS) is 35.4. The van der Waals surface area contributed by atoms with Gasteiger partial charge < -0.3 is 9.80 Å². The van der Waals surface area contributed by atoms with Crippen LogP contribution in [0.25, 0.3) is 0 Å². The molecule has 2 saturated carbocycles. The van der Waals surface area contributed by atoms with E-state index in [1.807, 2.05) is 0 Å². The molecule has 0 spiro atoms. The molecule has 0 aromatic heterocycles. The number of amidine groups is 1. The fourth-order valence-electron chi connectivity index (χ4n) is 7.13. The minimum atomic E-state index is -4.12. The summed E-state index contributed by atoms with van der Waals surface area (Å²) in [5, 5.41) is -0.850. The number of rotatable bonds is 11. The molecule has 2 N–H and O–H groups in total. The van der Waals surface area contributed by atoms with Gasteiger partial charge in [0.15, 0.2) is 0 Å². The lowest BCUT2D eigenvalue weighted by Gasteiger charge is -2.37. The monoisotopic (exact) mass is 697 g/mol. The van der Waals surface area contributed by atoms with E-state index < -0.39 is 20.2 Å². The van der Waals surface area contributed by atoms with Gasteiger partial charge in [-0.3, -0.25) is 18.6 Å². The van der Waals surface area contributed by atoms with Crippen LogP contribution in [0.3, 0.4) is 0 Å². The van der Waals surface area contributed by atoms with Gasteiger partial charge in [0.2, 0.25) is 0 Å². The predicted octanol–water partition coefficient (Wildman–Crippen LogP) is 3.26. The van der Waals surface area contributed by atoms with Gasteiger partial charge in [-0.2, -0.15) is 16.8 Å². The van der Waals surface area contributed by atoms with Crippen molar-refractivity contribution in [1.82, 2.24) is 14.7 Å². The van der Waals surface area contributed by atoms with E-state index in [4.69, 9.17) is 46.4 Å². The van der Waals surface area contributed by atoms with Gasteiger partial charge in [0, 0.05) is 32.4 Å². The van der Waals surface area contributed by atoms with Crippen LogP contribution in [-0.2, 0) is 20.2 Å². The van der Waals surface area contributed by atoms with Crippen LogP contribution in [0.4, 0.5) is 0 Å². The maximum atomic E-state index is 11.5. The fourth-order valence-corrected chi connectivity index (χ4v) is 9.26. The van der Waals surface area contributed by atoms with Gasteiger partial charge in [0.25, 0.3) is 26.1 Å². The molecule has 16 heteroatoms. The van der Waals surface area contributed by atoms with Gasteiger partial charge in [-0.25, -0.2) is 0 Å². The minimum absolute atomic E-state index is 0.0203. The van der Waals surface area contributed by atoms with E-state index in [0.29, 0.717) is 51.9 Å². The van der Waals surface area contributed by atoms with Gasteiger partial charge in [-0.05, 0) is 33.1 Å². The third-order valence-electron chi connectivity index (χ3n) is 8.86. The van der Waals surface area contributed by atoms with E-state index in [0.717, 1.165) is 11.7 Å². The second kappa shape index (κ2) is 13.4. The third-order valence-corrected chi connectivity index (χ3v) is 12.7. The molecule has 8 atom stereocenters. The quantitative estimate of drug-likeness (QED) is 0.190. The summed E-state index contributed by atoms with van der Waals surface area (Å²) in [6, 6.07) is 0.210. The Morgan fingerprint density at radius 1 is 0.756 bits per heavy atom. The fraction of sp³-hybridized carbons (Fsp3) is 0.880. The molecule has 0 radical (unpaired) electrons. The van der Waals surface area contributed by atoms with Crippen molar-refractivity contribution in [3.8, 4) is 0 Å². The predicted molar refractivity (Wildman–Crippen MR) is 164 cm³/mol. The molecule has 10 nitrogen and oxygen atoms in total. The molecule has 2 aliphatic carbocycles. The van der Waals surface area contributed by atoms with Gasteiger partial charge in [-0.15, -0.1) is 46.4 Å². The first-order valence-electron chi connectivity index (χ1n) is 14.3. The maximum Gasteiger partial charge on any atom is 0.276 e. The Labute approximate surface area is 264 Å². The Morgan fingerprint density at radius 3 is 1.78 bits per heavy atom. The first-order valence-corrected chi connectivity index (χ1v) is 19.2. The Kier molecular flexibility index (Phi) is 11.0. The molecule has 8 unspecified atom stereocenters. The van der Waals surface area contributed by atoms with Crippen LogP contribution in [0.1, 0.15) is 52.4 Å². The lowest BCUT2D eigenvalue weighted by atomic mass is 9.89. The smallest absolute Gasteiger partial charge is 0.276 e. The average Bonchev–Trinajstić information content (AvgIpc) is 3.29. The van der Waals surface area contributed by atoms with Crippen molar-refractivity contribution in [2.75, 3.05) is 37.7 Å². The molecule has 0 aromatic carbocycles. The Bertz CT molecular complexity index is 1240. The SMILES string of the molecule is CCN1C(=CC2=[N+](CCCS(=O)(=O)O)C3CC(Cl)C(Cl)CC3N2CC)N(CCCS(=O)(=O)O)C2CC(Cl)C(Cl)CC21. The summed E-state index contributed by atoms with van der Waals surface area (Å²) in [5.74, 6) is 1.15. The zero-order valence-electron chi connectivity index (χ0n) is 23.3. The van der Waals surface area contributed by atoms with Crippen LogP contribution >= 0.6 is 46.4 Å². The summed E-state index contributed by atoms with van der Waals surface area (Å²) >= 11 is 26.5. The van der Waals surface area contributed by atoms with E-state index >= 15 is 0 Å². The average molecular weight is 700 g/mol. The largest absolute Gasteiger partial charge is 0.353 e. The summed E-state index contributed by atoms with van der Waals surface area (Å²) in [6.07, 6.45) is 5.23. The molecule has 236 valence electrons. The molecular weight excluding hydrogens is 658 g/mol. The number of hydrogen-bond donors (Lipinski definition) is 2. The number of fused-ring (bicyclic) bond motifs is 2. The molecule has 0 amide bonds. The van der Waals surface area contributed by atoms with Crippen LogP contribution in [-0.4, -0.2) is 134 Å². The van der Waals surface area contributed by atoms with Crippen LogP contribution in [0.2, 0.25) is 0 Å². The highest BCUT2D eigenvalue weighted by Gasteiger charge is 2.53. The van der Waals surface area contributed by atoms with Crippen LogP contribution in [0, 0.1) is 0 Å². The molecule has 2 heterocycles. The Balaban J connectivity index is 1.78. The molecule has 1 saturated heterocycles. The summed E-state index contributed by atoms with van der Waals surface area (Å²) in [6.45, 7) is 6.34. The molecule has 4 rings (SSSR count). The Morgan fingerprint density at radius 2 is 1.24 bits per heavy atom. The second-order valence-electron chi connectivity index (χ2n) is 11.4. The second-order valence-corrected chi connectivity index (χ2v) is 16.8. The standard InChI is InChI=1S/C25H40Cl4N4O6S2/c1-3-30-20-11-16(26)18(28)13-22(20)32(7-5-9-40(34,35)36)24(30)15-25-31(4-2)21-12-17(27)19(29)14-23(21)33(25)8-6-10-41(37,38)39/h15-23H,3-14H2,1-2H3,(H-,34,35,36,37,38,39)/p+1. The molecule has 2 aliphatic heterocycles. The van der Waals surface area contributed by atoms with Gasteiger partial charge in [0.05, 0.1) is 64.3 Å². The number of halogens is 4. The van der Waals surface area contributed by atoms with Crippen molar-refractivity contribution >= 4 is 72.5 Å². The lowest BCUT2D eigenvalue weighted by molar-refractivity contribution is -0.561. The van der Waals surface area contributed by atoms with Crippen LogP contribution in [0.5, 0.6) is 0 Å². The van der Waals surface area contributed by atoms with Crippen LogP contribution < -0.4 is 0 Å². The molecule has 4 aliphatic rings. The molecule has 3 fully saturated rings. The molecular formula is C25H41Cl4N4O6S2+. The first-order chi connectivity index (χ1) is 19.1. The summed E-state index contributed by atoms with van der Waals surface area (Å²) in [5.41, 5.74) is 0. The molecule has 0 bridgehead atoms. The van der Waals surface area contributed by atoms with Crippen molar-refractivity contribution in [3.05, 3.63) is 11.9 Å². The number of hydrogen-bond acceptors (Lipinski definition) is 7. The lowest BCUT2D eigenvalue weighted by Crippen LogP contribution is -2.48. The van der Waals surface area contributed by atoms with Crippen LogP contribution in [0.15, 0.2) is 11.9 Å². The number of likely N-dealkylation sites (N-methyl/N-ethyl adjacent to an activating group) is 2. The van der Waals surface area contributed by atoms with Crippen molar-refractivity contribution in [1.29, 1.82) is 0 Å². The summed E-state index contributed by atoms with van der Waals surface area (Å²) in [4.78, 5) is 6.79. The van der Waals surface area contributed by atoms with E-state index in [-0.39, 0.29) is 70.0 Å². The summed E-state index contributed by atoms with van der Waals surface area (Å²) in [7, 11) is -8.23. The van der Waals surface area contributed by atoms with Gasteiger partial charge >= 0.3 is 0 Å². The van der Waals surface area contributed by atoms with Crippen molar-refractivity contribution < 1.29 is 30.5 Å². The molecule has 0 aromatic rings. The topological polar surface area (TPSA) is 121 Å². The number of alkyl halides is 4. The van der Waals surface area contributed by atoms with E-state index in [2.05, 4.69) is 39.2 Å². The van der Waals surface area contributed by atoms with Gasteiger partial charge in [0.1, 0.15) is 17.9 Å². The van der Waals surface area contributed by atoms with Crippen molar-refractivity contribution in [2.45, 2.75) is 98.0 Å². The highest BCUT2D eigenvalue weighted by Crippen LogP contribution is 2.43. The summed E-state index contributed by atoms with van der Waals surface area (Å²) < 4.78 is 67.1. The zero-order chi connectivity index (χ0) is 30.3. The first kappa shape index (κ1) is 33.7. The van der Waals surface area contributed by atoms with E-state index in [1.54, 1.807) is 0 Å². The maximum absolute atomic E-state index is 11.5. The van der Waals surface area contributed by atoms with Crippen molar-refractivity contribution in [3.63, 3.8) is 0 Å². The third kappa shape index (κ3) is 7.72. The van der Waals surface area contributed by atoms with E-state index in [1.165, 1.54) is 0 Å². The van der Waals surface area contributed by atoms with Crippen molar-refractivity contribution in [2.24, 2.45) is 0 Å². The van der Waals surface area contributed by atoms with Gasteiger partial charge in [-0.1, -0.05) is 0 Å². The minimum Gasteiger partial charge on any atom is -0.353 e. The highest BCUT2D eigenvalue weighted by molar-refractivity contribution is 7.86.